The highest BCUT2D eigenvalue weighted by atomic mass is 32.1. The van der Waals surface area contributed by atoms with Crippen LogP contribution in [0.4, 0.5) is 0 Å². The fourth-order valence-electron chi connectivity index (χ4n) is 1.58. The Morgan fingerprint density at radius 1 is 1.41 bits per heavy atom. The Balaban J connectivity index is 1.87. The molecule has 0 spiro atoms. The van der Waals surface area contributed by atoms with E-state index in [9.17, 15) is 9.59 Å². The van der Waals surface area contributed by atoms with E-state index < -0.39 is 5.97 Å². The SMILES string of the molecule is CC(C)(C)n1cnc(C(=O)NCCc2nc(C(=O)O)cs2)n1. The molecule has 0 saturated heterocycles. The predicted octanol–water partition coefficient (Wildman–Crippen LogP) is 1.16. The Kier molecular flexibility index (Phi) is 4.55. The second-order valence-electron chi connectivity index (χ2n) is 5.62. The molecule has 0 aromatic carbocycles. The Morgan fingerprint density at radius 3 is 2.68 bits per heavy atom. The standard InChI is InChI=1S/C13H17N5O3S/c1-13(2,3)18-7-15-10(17-18)11(19)14-5-4-9-16-8(6-22-9)12(20)21/h6-7H,4-5H2,1-3H3,(H,14,19)(H,20,21). The van der Waals surface area contributed by atoms with Gasteiger partial charge in [-0.2, -0.15) is 0 Å². The van der Waals surface area contributed by atoms with Crippen molar-refractivity contribution >= 4 is 23.2 Å². The first-order chi connectivity index (χ1) is 10.3. The van der Waals surface area contributed by atoms with Gasteiger partial charge in [0.05, 0.1) is 10.5 Å². The van der Waals surface area contributed by atoms with Crippen LogP contribution < -0.4 is 5.32 Å². The average Bonchev–Trinajstić information content (AvgIpc) is 3.07. The number of hydrogen-bond donors (Lipinski definition) is 2. The molecule has 2 aromatic rings. The first kappa shape index (κ1) is 16.1. The molecule has 0 bridgehead atoms. The van der Waals surface area contributed by atoms with Crippen LogP contribution >= 0.6 is 11.3 Å². The maximum atomic E-state index is 11.9. The summed E-state index contributed by atoms with van der Waals surface area (Å²) >= 11 is 1.25. The Labute approximate surface area is 131 Å². The highest BCUT2D eigenvalue weighted by Gasteiger charge is 2.18. The van der Waals surface area contributed by atoms with Gasteiger partial charge in [0, 0.05) is 18.3 Å². The summed E-state index contributed by atoms with van der Waals surface area (Å²) in [6.07, 6.45) is 1.98. The zero-order valence-corrected chi connectivity index (χ0v) is 13.3. The van der Waals surface area contributed by atoms with Crippen LogP contribution in [0.15, 0.2) is 11.7 Å². The van der Waals surface area contributed by atoms with Crippen LogP contribution in [0.1, 0.15) is 46.9 Å². The summed E-state index contributed by atoms with van der Waals surface area (Å²) < 4.78 is 1.63. The summed E-state index contributed by atoms with van der Waals surface area (Å²) in [6.45, 7) is 6.24. The summed E-state index contributed by atoms with van der Waals surface area (Å²) in [5, 5.41) is 17.8. The highest BCUT2D eigenvalue weighted by Crippen LogP contribution is 2.11. The number of carboxylic acids is 1. The monoisotopic (exact) mass is 323 g/mol. The van der Waals surface area contributed by atoms with E-state index >= 15 is 0 Å². The molecule has 0 saturated carbocycles. The van der Waals surface area contributed by atoms with Gasteiger partial charge in [-0.1, -0.05) is 0 Å². The molecule has 8 nitrogen and oxygen atoms in total. The highest BCUT2D eigenvalue weighted by molar-refractivity contribution is 7.09. The Hall–Kier alpha value is -2.29. The minimum Gasteiger partial charge on any atom is -0.476 e. The van der Waals surface area contributed by atoms with Gasteiger partial charge in [0.15, 0.2) is 5.69 Å². The van der Waals surface area contributed by atoms with Crippen LogP contribution in [0.25, 0.3) is 0 Å². The number of amides is 1. The molecule has 2 N–H and O–H groups in total. The Bertz CT molecular complexity index is 686. The normalized spacial score (nSPS) is 11.4. The number of rotatable bonds is 5. The van der Waals surface area contributed by atoms with Gasteiger partial charge in [0.2, 0.25) is 5.82 Å². The third kappa shape index (κ3) is 3.88. The molecule has 0 fully saturated rings. The van der Waals surface area contributed by atoms with Gasteiger partial charge in [-0.25, -0.2) is 19.4 Å². The van der Waals surface area contributed by atoms with Crippen LogP contribution in [0, 0.1) is 0 Å². The van der Waals surface area contributed by atoms with Crippen molar-refractivity contribution in [3.63, 3.8) is 0 Å². The van der Waals surface area contributed by atoms with E-state index in [4.69, 9.17) is 5.11 Å². The van der Waals surface area contributed by atoms with Gasteiger partial charge < -0.3 is 10.4 Å². The molecule has 0 unspecified atom stereocenters. The molecule has 22 heavy (non-hydrogen) atoms. The zero-order chi connectivity index (χ0) is 16.3. The number of nitrogens with zero attached hydrogens (tertiary/aromatic N) is 4. The molecule has 2 aromatic heterocycles. The lowest BCUT2D eigenvalue weighted by atomic mass is 10.1. The molecule has 1 amide bonds. The molecule has 0 radical (unpaired) electrons. The molecule has 0 atom stereocenters. The number of carboxylic acid groups (broad SMARTS) is 1. The maximum Gasteiger partial charge on any atom is 0.355 e. The molecule has 9 heteroatoms. The second-order valence-corrected chi connectivity index (χ2v) is 6.56. The summed E-state index contributed by atoms with van der Waals surface area (Å²) in [5.74, 6) is -1.30. The first-order valence-electron chi connectivity index (χ1n) is 6.65. The number of aromatic nitrogens is 4. The van der Waals surface area contributed by atoms with Crippen LogP contribution in [0.3, 0.4) is 0 Å². The van der Waals surface area contributed by atoms with Gasteiger partial charge in [0.25, 0.3) is 5.91 Å². The fraction of sp³-hybridized carbons (Fsp3) is 0.462. The second kappa shape index (κ2) is 6.22. The minimum absolute atomic E-state index is 0.0249. The van der Waals surface area contributed by atoms with Gasteiger partial charge in [-0.15, -0.1) is 16.4 Å². The van der Waals surface area contributed by atoms with Crippen molar-refractivity contribution < 1.29 is 14.7 Å². The lowest BCUT2D eigenvalue weighted by Gasteiger charge is -2.17. The quantitative estimate of drug-likeness (QED) is 0.854. The van der Waals surface area contributed by atoms with Crippen molar-refractivity contribution in [2.75, 3.05) is 6.54 Å². The van der Waals surface area contributed by atoms with Crippen LogP contribution in [0.2, 0.25) is 0 Å². The van der Waals surface area contributed by atoms with Gasteiger partial charge in [-0.05, 0) is 20.8 Å². The van der Waals surface area contributed by atoms with Crippen molar-refractivity contribution in [3.8, 4) is 0 Å². The fourth-order valence-corrected chi connectivity index (χ4v) is 2.35. The van der Waals surface area contributed by atoms with E-state index in [1.54, 1.807) is 4.68 Å². The summed E-state index contributed by atoms with van der Waals surface area (Å²) in [4.78, 5) is 30.6. The van der Waals surface area contributed by atoms with Crippen molar-refractivity contribution in [1.82, 2.24) is 25.1 Å². The molecule has 2 rings (SSSR count). The van der Waals surface area contributed by atoms with Crippen molar-refractivity contribution in [1.29, 1.82) is 0 Å². The van der Waals surface area contributed by atoms with Gasteiger partial charge >= 0.3 is 5.97 Å². The molecule has 2 heterocycles. The molecule has 118 valence electrons. The third-order valence-corrected chi connectivity index (χ3v) is 3.69. The number of nitrogens with one attached hydrogen (secondary N) is 1. The molecular formula is C13H17N5O3S. The molecule has 0 aliphatic rings. The summed E-state index contributed by atoms with van der Waals surface area (Å²) in [5.41, 5.74) is -0.212. The topological polar surface area (TPSA) is 110 Å². The van der Waals surface area contributed by atoms with Crippen LogP contribution in [-0.2, 0) is 12.0 Å². The average molecular weight is 323 g/mol. The third-order valence-electron chi connectivity index (χ3n) is 2.78. The smallest absolute Gasteiger partial charge is 0.355 e. The van der Waals surface area contributed by atoms with Crippen LogP contribution in [0.5, 0.6) is 0 Å². The van der Waals surface area contributed by atoms with Crippen molar-refractivity contribution in [3.05, 3.63) is 28.2 Å². The largest absolute Gasteiger partial charge is 0.476 e. The van der Waals surface area contributed by atoms with E-state index in [0.717, 1.165) is 0 Å². The lowest BCUT2D eigenvalue weighted by molar-refractivity contribution is 0.0690. The van der Waals surface area contributed by atoms with E-state index in [-0.39, 0.29) is 23.0 Å². The molecule has 0 aliphatic heterocycles. The first-order valence-corrected chi connectivity index (χ1v) is 7.53. The van der Waals surface area contributed by atoms with Crippen molar-refractivity contribution in [2.24, 2.45) is 0 Å². The predicted molar refractivity (Wildman–Crippen MR) is 80.1 cm³/mol. The van der Waals surface area contributed by atoms with Gasteiger partial charge in [0.1, 0.15) is 6.33 Å². The van der Waals surface area contributed by atoms with Crippen molar-refractivity contribution in [2.45, 2.75) is 32.7 Å². The van der Waals surface area contributed by atoms with E-state index in [0.29, 0.717) is 18.0 Å². The number of aromatic carboxylic acids is 1. The summed E-state index contributed by atoms with van der Waals surface area (Å²) in [6, 6.07) is 0. The van der Waals surface area contributed by atoms with Gasteiger partial charge in [-0.3, -0.25) is 4.79 Å². The summed E-state index contributed by atoms with van der Waals surface area (Å²) in [7, 11) is 0. The molecule has 0 aliphatic carbocycles. The number of hydrogen-bond acceptors (Lipinski definition) is 6. The minimum atomic E-state index is -1.05. The van der Waals surface area contributed by atoms with E-state index in [1.165, 1.54) is 23.0 Å². The van der Waals surface area contributed by atoms with Crippen LogP contribution in [-0.4, -0.2) is 43.3 Å². The number of thiazole rings is 1. The lowest BCUT2D eigenvalue weighted by Crippen LogP contribution is -2.28. The number of carbonyl (C=O) groups excluding carboxylic acids is 1. The Morgan fingerprint density at radius 2 is 2.14 bits per heavy atom. The molecular weight excluding hydrogens is 306 g/mol. The number of carbonyl (C=O) groups is 2. The maximum absolute atomic E-state index is 11.9. The van der Waals surface area contributed by atoms with E-state index in [1.807, 2.05) is 20.8 Å². The van der Waals surface area contributed by atoms with E-state index in [2.05, 4.69) is 20.4 Å². The zero-order valence-electron chi connectivity index (χ0n) is 12.5.